The van der Waals surface area contributed by atoms with Crippen molar-refractivity contribution in [1.82, 2.24) is 9.55 Å². The van der Waals surface area contributed by atoms with Gasteiger partial charge in [0.2, 0.25) is 15.0 Å². The Bertz CT molecular complexity index is 700. The second-order valence-electron chi connectivity index (χ2n) is 4.95. The molecule has 0 aliphatic carbocycles. The molecule has 1 aromatic heterocycles. The van der Waals surface area contributed by atoms with Crippen LogP contribution in [0.1, 0.15) is 6.42 Å². The van der Waals surface area contributed by atoms with Crippen LogP contribution >= 0.6 is 0 Å². The summed E-state index contributed by atoms with van der Waals surface area (Å²) in [7, 11) is -1.62. The van der Waals surface area contributed by atoms with Gasteiger partial charge in [0, 0.05) is 13.7 Å². The molecule has 0 spiro atoms. The van der Waals surface area contributed by atoms with Crippen molar-refractivity contribution in [3.63, 3.8) is 0 Å². The van der Waals surface area contributed by atoms with Crippen molar-refractivity contribution in [3.8, 4) is 0 Å². The van der Waals surface area contributed by atoms with Crippen molar-refractivity contribution in [1.29, 1.82) is 0 Å². The third-order valence-corrected chi connectivity index (χ3v) is 5.34. The average Bonchev–Trinajstić information content (AvgIpc) is 2.98. The molecular weight excluding hydrogens is 264 g/mol. The van der Waals surface area contributed by atoms with E-state index in [1.54, 1.807) is 11.6 Å². The van der Waals surface area contributed by atoms with Crippen LogP contribution in [0.4, 0.5) is 0 Å². The Labute approximate surface area is 112 Å². The number of hydrogen-bond donors (Lipinski definition) is 0. The lowest BCUT2D eigenvalue weighted by Gasteiger charge is -2.08. The predicted octanol–water partition coefficient (Wildman–Crippen LogP) is 1.38. The van der Waals surface area contributed by atoms with Gasteiger partial charge in [0.1, 0.15) is 0 Å². The number of fused-ring (bicyclic) bond motifs is 1. The standard InChI is InChI=1S/C13H16N2O3S/c1-15-12-5-3-2-4-11(12)14-13(15)19(16,17)9-10-6-7-18-8-10/h2-5,10H,6-9H2,1H3/t10-/m1/s1. The topological polar surface area (TPSA) is 61.2 Å². The van der Waals surface area contributed by atoms with E-state index in [-0.39, 0.29) is 16.8 Å². The van der Waals surface area contributed by atoms with Crippen molar-refractivity contribution in [2.75, 3.05) is 19.0 Å². The maximum atomic E-state index is 12.4. The van der Waals surface area contributed by atoms with E-state index < -0.39 is 9.84 Å². The largest absolute Gasteiger partial charge is 0.381 e. The lowest BCUT2D eigenvalue weighted by atomic mass is 10.2. The number of nitrogens with zero attached hydrogens (tertiary/aromatic N) is 2. The number of imidazole rings is 1. The third kappa shape index (κ3) is 2.26. The normalized spacial score (nSPS) is 20.2. The molecule has 1 fully saturated rings. The summed E-state index contributed by atoms with van der Waals surface area (Å²) in [5, 5.41) is 0.153. The van der Waals surface area contributed by atoms with Gasteiger partial charge in [-0.15, -0.1) is 0 Å². The highest BCUT2D eigenvalue weighted by Crippen LogP contribution is 2.22. The first-order valence-corrected chi connectivity index (χ1v) is 7.95. The lowest BCUT2D eigenvalue weighted by molar-refractivity contribution is 0.188. The van der Waals surface area contributed by atoms with E-state index in [2.05, 4.69) is 4.98 Å². The Morgan fingerprint density at radius 1 is 1.42 bits per heavy atom. The van der Waals surface area contributed by atoms with E-state index in [9.17, 15) is 8.42 Å². The van der Waals surface area contributed by atoms with E-state index in [4.69, 9.17) is 4.74 Å². The smallest absolute Gasteiger partial charge is 0.228 e. The molecule has 5 nitrogen and oxygen atoms in total. The van der Waals surface area contributed by atoms with Gasteiger partial charge in [-0.25, -0.2) is 13.4 Å². The number of para-hydroxylation sites is 2. The van der Waals surface area contributed by atoms with Gasteiger partial charge in [0.25, 0.3) is 0 Å². The summed E-state index contributed by atoms with van der Waals surface area (Å²) in [5.74, 6) is 0.203. The molecule has 0 saturated carbocycles. The summed E-state index contributed by atoms with van der Waals surface area (Å²) in [6.07, 6.45) is 0.809. The Kier molecular flexibility index (Phi) is 3.06. The van der Waals surface area contributed by atoms with Crippen LogP contribution in [0, 0.1) is 5.92 Å². The van der Waals surface area contributed by atoms with Crippen LogP contribution in [0.5, 0.6) is 0 Å². The molecule has 2 heterocycles. The molecule has 0 bridgehead atoms. The first kappa shape index (κ1) is 12.6. The number of hydrogen-bond acceptors (Lipinski definition) is 4. The molecule has 1 aromatic carbocycles. The molecule has 2 aromatic rings. The number of aromatic nitrogens is 2. The second kappa shape index (κ2) is 4.61. The van der Waals surface area contributed by atoms with Crippen molar-refractivity contribution >= 4 is 20.9 Å². The Morgan fingerprint density at radius 2 is 2.21 bits per heavy atom. The monoisotopic (exact) mass is 280 g/mol. The number of sulfone groups is 1. The minimum absolute atomic E-state index is 0.0878. The summed E-state index contributed by atoms with van der Waals surface area (Å²) in [4.78, 5) is 4.26. The molecule has 3 rings (SSSR count). The van der Waals surface area contributed by atoms with Crippen LogP contribution in [-0.2, 0) is 21.6 Å². The van der Waals surface area contributed by atoms with Gasteiger partial charge in [-0.2, -0.15) is 0 Å². The molecule has 1 aliphatic rings. The zero-order valence-electron chi connectivity index (χ0n) is 10.7. The molecule has 19 heavy (non-hydrogen) atoms. The predicted molar refractivity (Wildman–Crippen MR) is 71.7 cm³/mol. The fraction of sp³-hybridized carbons (Fsp3) is 0.462. The molecule has 1 saturated heterocycles. The van der Waals surface area contributed by atoms with Crippen molar-refractivity contribution in [2.45, 2.75) is 11.6 Å². The quantitative estimate of drug-likeness (QED) is 0.852. The summed E-state index contributed by atoms with van der Waals surface area (Å²) in [6.45, 7) is 1.19. The molecule has 0 N–H and O–H groups in total. The van der Waals surface area contributed by atoms with Gasteiger partial charge in [-0.3, -0.25) is 0 Å². The molecule has 1 atom stereocenters. The van der Waals surface area contributed by atoms with E-state index >= 15 is 0 Å². The fourth-order valence-electron chi connectivity index (χ4n) is 2.50. The van der Waals surface area contributed by atoms with Crippen molar-refractivity contribution in [2.24, 2.45) is 13.0 Å². The zero-order chi connectivity index (χ0) is 13.5. The molecular formula is C13H16N2O3S. The Hall–Kier alpha value is -1.40. The molecule has 0 radical (unpaired) electrons. The number of benzene rings is 1. The molecule has 0 amide bonds. The lowest BCUT2D eigenvalue weighted by Crippen LogP contribution is -2.19. The van der Waals surface area contributed by atoms with E-state index in [0.717, 1.165) is 11.9 Å². The van der Waals surface area contributed by atoms with Crippen LogP contribution in [0.25, 0.3) is 11.0 Å². The molecule has 0 unspecified atom stereocenters. The van der Waals surface area contributed by atoms with Crippen LogP contribution in [0.2, 0.25) is 0 Å². The molecule has 1 aliphatic heterocycles. The van der Waals surface area contributed by atoms with Gasteiger partial charge in [0.05, 0.1) is 23.4 Å². The van der Waals surface area contributed by atoms with Crippen LogP contribution in [0.3, 0.4) is 0 Å². The maximum absolute atomic E-state index is 12.4. The van der Waals surface area contributed by atoms with Crippen LogP contribution < -0.4 is 0 Å². The van der Waals surface area contributed by atoms with Gasteiger partial charge in [0.15, 0.2) is 0 Å². The number of ether oxygens (including phenoxy) is 1. The van der Waals surface area contributed by atoms with E-state index in [1.165, 1.54) is 0 Å². The van der Waals surface area contributed by atoms with E-state index in [1.807, 2.05) is 24.3 Å². The minimum Gasteiger partial charge on any atom is -0.381 e. The van der Waals surface area contributed by atoms with Gasteiger partial charge in [-0.1, -0.05) is 12.1 Å². The van der Waals surface area contributed by atoms with Gasteiger partial charge < -0.3 is 9.30 Å². The number of aryl methyl sites for hydroxylation is 1. The van der Waals surface area contributed by atoms with Crippen LogP contribution in [-0.4, -0.2) is 36.9 Å². The van der Waals surface area contributed by atoms with Gasteiger partial charge in [-0.05, 0) is 24.5 Å². The van der Waals surface area contributed by atoms with Crippen molar-refractivity contribution < 1.29 is 13.2 Å². The second-order valence-corrected chi connectivity index (χ2v) is 6.88. The summed E-state index contributed by atoms with van der Waals surface area (Å²) in [5.41, 5.74) is 1.55. The summed E-state index contributed by atoms with van der Waals surface area (Å²) >= 11 is 0. The van der Waals surface area contributed by atoms with E-state index in [0.29, 0.717) is 18.7 Å². The fourth-order valence-corrected chi connectivity index (χ4v) is 4.29. The Balaban J connectivity index is 2.00. The van der Waals surface area contributed by atoms with Crippen LogP contribution in [0.15, 0.2) is 29.4 Å². The summed E-state index contributed by atoms with van der Waals surface area (Å²) in [6, 6.07) is 7.44. The first-order valence-electron chi connectivity index (χ1n) is 6.30. The zero-order valence-corrected chi connectivity index (χ0v) is 11.6. The third-order valence-electron chi connectivity index (χ3n) is 3.50. The maximum Gasteiger partial charge on any atom is 0.228 e. The highest BCUT2D eigenvalue weighted by Gasteiger charge is 2.28. The minimum atomic E-state index is -3.36. The van der Waals surface area contributed by atoms with Gasteiger partial charge >= 0.3 is 0 Å². The number of rotatable bonds is 3. The highest BCUT2D eigenvalue weighted by atomic mass is 32.2. The molecule has 102 valence electrons. The summed E-state index contributed by atoms with van der Waals surface area (Å²) < 4.78 is 31.8. The Morgan fingerprint density at radius 3 is 2.89 bits per heavy atom. The first-order chi connectivity index (χ1) is 9.08. The average molecular weight is 280 g/mol. The SMILES string of the molecule is Cn1c(S(=O)(=O)C[C@@H]2CCOC2)nc2ccccc21. The van der Waals surface area contributed by atoms with Crippen molar-refractivity contribution in [3.05, 3.63) is 24.3 Å². The molecule has 6 heteroatoms. The highest BCUT2D eigenvalue weighted by molar-refractivity contribution is 7.91.